The molecule has 1 fully saturated rings. The van der Waals surface area contributed by atoms with Crippen molar-refractivity contribution < 1.29 is 24.2 Å². The van der Waals surface area contributed by atoms with Gasteiger partial charge >= 0.3 is 5.97 Å². The van der Waals surface area contributed by atoms with E-state index in [-0.39, 0.29) is 12.3 Å². The quantitative estimate of drug-likeness (QED) is 0.489. The Hall–Kier alpha value is -1.40. The van der Waals surface area contributed by atoms with Crippen LogP contribution in [0.15, 0.2) is 12.7 Å². The van der Waals surface area contributed by atoms with Crippen LogP contribution in [0.4, 0.5) is 0 Å². The molecule has 0 saturated carbocycles. The molecular weight excluding hydrogens is 262 g/mol. The van der Waals surface area contributed by atoms with Gasteiger partial charge in [0.15, 0.2) is 0 Å². The first kappa shape index (κ1) is 16.7. The van der Waals surface area contributed by atoms with E-state index in [9.17, 15) is 9.59 Å². The number of carbonyl (C=O) groups excluding carboxylic acids is 1. The van der Waals surface area contributed by atoms with Crippen molar-refractivity contribution in [2.75, 3.05) is 26.4 Å². The number of hydrogen-bond donors (Lipinski definition) is 2. The maximum Gasteiger partial charge on any atom is 0.305 e. The minimum Gasteiger partial charge on any atom is -0.481 e. The van der Waals surface area contributed by atoms with Gasteiger partial charge in [-0.2, -0.15) is 0 Å². The van der Waals surface area contributed by atoms with Crippen LogP contribution in [-0.4, -0.2) is 48.9 Å². The lowest BCUT2D eigenvalue weighted by atomic mass is 9.86. The van der Waals surface area contributed by atoms with E-state index in [1.807, 2.05) is 0 Å². The van der Waals surface area contributed by atoms with Crippen LogP contribution in [0.1, 0.15) is 32.1 Å². The molecule has 1 aliphatic heterocycles. The smallest absolute Gasteiger partial charge is 0.305 e. The topological polar surface area (TPSA) is 84.9 Å². The maximum atomic E-state index is 11.9. The van der Waals surface area contributed by atoms with Crippen molar-refractivity contribution >= 4 is 11.9 Å². The maximum absolute atomic E-state index is 11.9. The minimum atomic E-state index is -0.901. The summed E-state index contributed by atoms with van der Waals surface area (Å²) >= 11 is 0. The van der Waals surface area contributed by atoms with Gasteiger partial charge in [-0.3, -0.25) is 9.59 Å². The second-order valence-corrected chi connectivity index (χ2v) is 4.98. The number of aliphatic carboxylic acids is 1. The third kappa shape index (κ3) is 6.16. The van der Waals surface area contributed by atoms with E-state index in [0.29, 0.717) is 52.1 Å². The summed E-state index contributed by atoms with van der Waals surface area (Å²) in [5, 5.41) is 11.9. The van der Waals surface area contributed by atoms with E-state index in [2.05, 4.69) is 11.9 Å². The molecule has 0 aromatic carbocycles. The van der Waals surface area contributed by atoms with Crippen LogP contribution >= 0.6 is 0 Å². The van der Waals surface area contributed by atoms with E-state index >= 15 is 0 Å². The van der Waals surface area contributed by atoms with Crippen molar-refractivity contribution in [3.05, 3.63) is 12.7 Å². The van der Waals surface area contributed by atoms with Gasteiger partial charge in [-0.25, -0.2) is 0 Å². The SMILES string of the molecule is C=CCOCCCC(=O)NC1(CC(=O)O)CCOCC1. The fourth-order valence-electron chi connectivity index (χ4n) is 2.26. The highest BCUT2D eigenvalue weighted by Gasteiger charge is 2.36. The Bertz CT molecular complexity index is 336. The summed E-state index contributed by atoms with van der Waals surface area (Å²) < 4.78 is 10.4. The fraction of sp³-hybridized carbons (Fsp3) is 0.714. The highest BCUT2D eigenvalue weighted by molar-refractivity contribution is 5.78. The van der Waals surface area contributed by atoms with Gasteiger partial charge in [0, 0.05) is 26.2 Å². The molecule has 0 aliphatic carbocycles. The first-order valence-corrected chi connectivity index (χ1v) is 6.87. The summed E-state index contributed by atoms with van der Waals surface area (Å²) in [5.41, 5.74) is -0.664. The van der Waals surface area contributed by atoms with E-state index in [0.717, 1.165) is 0 Å². The van der Waals surface area contributed by atoms with Crippen molar-refractivity contribution in [2.45, 2.75) is 37.6 Å². The van der Waals surface area contributed by atoms with Crippen molar-refractivity contribution in [2.24, 2.45) is 0 Å². The van der Waals surface area contributed by atoms with Gasteiger partial charge in [0.05, 0.1) is 18.6 Å². The predicted octanol–water partition coefficient (Wildman–Crippen LogP) is 1.11. The number of carboxylic acids is 1. The molecule has 1 amide bonds. The van der Waals surface area contributed by atoms with Gasteiger partial charge in [0.1, 0.15) is 0 Å². The Morgan fingerprint density at radius 2 is 2.10 bits per heavy atom. The molecule has 0 aromatic rings. The molecule has 6 nitrogen and oxygen atoms in total. The molecule has 1 rings (SSSR count). The second kappa shape index (κ2) is 8.71. The van der Waals surface area contributed by atoms with Crippen LogP contribution in [0, 0.1) is 0 Å². The average Bonchev–Trinajstić information content (AvgIpc) is 2.38. The molecular formula is C14H23NO5. The summed E-state index contributed by atoms with van der Waals surface area (Å²) in [6.45, 7) is 5.47. The first-order valence-electron chi connectivity index (χ1n) is 6.87. The third-order valence-electron chi connectivity index (χ3n) is 3.27. The number of amides is 1. The Morgan fingerprint density at radius 1 is 1.40 bits per heavy atom. The standard InChI is InChI=1S/C14H23NO5/c1-2-7-19-8-3-4-12(16)15-14(11-13(17)18)5-9-20-10-6-14/h2H,1,3-11H2,(H,15,16)(H,17,18). The second-order valence-electron chi connectivity index (χ2n) is 4.98. The monoisotopic (exact) mass is 285 g/mol. The van der Waals surface area contributed by atoms with E-state index < -0.39 is 11.5 Å². The van der Waals surface area contributed by atoms with E-state index in [1.165, 1.54) is 0 Å². The molecule has 0 spiro atoms. The molecule has 114 valence electrons. The number of nitrogens with one attached hydrogen (secondary N) is 1. The summed E-state index contributed by atoms with van der Waals surface area (Å²) in [7, 11) is 0. The van der Waals surface area contributed by atoms with Crippen molar-refractivity contribution in [1.82, 2.24) is 5.32 Å². The molecule has 20 heavy (non-hydrogen) atoms. The lowest BCUT2D eigenvalue weighted by molar-refractivity contribution is -0.140. The molecule has 0 radical (unpaired) electrons. The summed E-state index contributed by atoms with van der Waals surface area (Å²) in [5.74, 6) is -1.03. The van der Waals surface area contributed by atoms with Crippen molar-refractivity contribution in [3.8, 4) is 0 Å². The average molecular weight is 285 g/mol. The Morgan fingerprint density at radius 3 is 2.70 bits per heavy atom. The van der Waals surface area contributed by atoms with Gasteiger partial charge in [-0.1, -0.05) is 6.08 Å². The zero-order valence-corrected chi connectivity index (χ0v) is 11.7. The van der Waals surface area contributed by atoms with Gasteiger partial charge in [-0.05, 0) is 19.3 Å². The number of carboxylic acid groups (broad SMARTS) is 1. The first-order chi connectivity index (χ1) is 9.58. The molecule has 0 atom stereocenters. The molecule has 1 saturated heterocycles. The fourth-order valence-corrected chi connectivity index (χ4v) is 2.26. The van der Waals surface area contributed by atoms with Gasteiger partial charge in [0.25, 0.3) is 0 Å². The molecule has 1 aliphatic rings. The predicted molar refractivity (Wildman–Crippen MR) is 73.4 cm³/mol. The van der Waals surface area contributed by atoms with E-state index in [1.54, 1.807) is 6.08 Å². The lowest BCUT2D eigenvalue weighted by Crippen LogP contribution is -2.53. The number of rotatable bonds is 9. The molecule has 0 bridgehead atoms. The third-order valence-corrected chi connectivity index (χ3v) is 3.27. The zero-order chi connectivity index (χ0) is 14.8. The molecule has 1 heterocycles. The van der Waals surface area contributed by atoms with Crippen LogP contribution in [0.25, 0.3) is 0 Å². The lowest BCUT2D eigenvalue weighted by Gasteiger charge is -2.36. The Labute approximate surface area is 119 Å². The minimum absolute atomic E-state index is 0.0605. The van der Waals surface area contributed by atoms with Gasteiger partial charge in [0.2, 0.25) is 5.91 Å². The zero-order valence-electron chi connectivity index (χ0n) is 11.7. The molecule has 0 unspecified atom stereocenters. The number of hydrogen-bond acceptors (Lipinski definition) is 4. The van der Waals surface area contributed by atoms with Crippen LogP contribution in [0.5, 0.6) is 0 Å². The van der Waals surface area contributed by atoms with Crippen LogP contribution in [0.3, 0.4) is 0 Å². The van der Waals surface area contributed by atoms with Crippen LogP contribution < -0.4 is 5.32 Å². The van der Waals surface area contributed by atoms with Gasteiger partial charge in [-0.15, -0.1) is 6.58 Å². The molecule has 0 aromatic heterocycles. The number of carbonyl (C=O) groups is 2. The Kier molecular flexibility index (Phi) is 7.25. The number of ether oxygens (including phenoxy) is 2. The summed E-state index contributed by atoms with van der Waals surface area (Å²) in [6, 6.07) is 0. The van der Waals surface area contributed by atoms with Crippen LogP contribution in [-0.2, 0) is 19.1 Å². The largest absolute Gasteiger partial charge is 0.481 e. The van der Waals surface area contributed by atoms with Crippen molar-refractivity contribution in [3.63, 3.8) is 0 Å². The van der Waals surface area contributed by atoms with Crippen LogP contribution in [0.2, 0.25) is 0 Å². The summed E-state index contributed by atoms with van der Waals surface area (Å²) in [4.78, 5) is 22.9. The van der Waals surface area contributed by atoms with Gasteiger partial charge < -0.3 is 19.9 Å². The summed E-state index contributed by atoms with van der Waals surface area (Å²) in [6.07, 6.45) is 3.62. The normalized spacial score (nSPS) is 17.4. The Balaban J connectivity index is 2.38. The highest BCUT2D eigenvalue weighted by Crippen LogP contribution is 2.24. The highest BCUT2D eigenvalue weighted by atomic mass is 16.5. The van der Waals surface area contributed by atoms with Crippen molar-refractivity contribution in [1.29, 1.82) is 0 Å². The molecule has 6 heteroatoms. The molecule has 2 N–H and O–H groups in total. The van der Waals surface area contributed by atoms with E-state index in [4.69, 9.17) is 14.6 Å².